The van der Waals surface area contributed by atoms with Crippen LogP contribution in [0.3, 0.4) is 0 Å². The van der Waals surface area contributed by atoms with Gasteiger partial charge in [-0.1, -0.05) is 65.2 Å². The van der Waals surface area contributed by atoms with Crippen LogP contribution < -0.4 is 14.8 Å². The summed E-state index contributed by atoms with van der Waals surface area (Å²) in [6.07, 6.45) is 0. The topological polar surface area (TPSA) is 30.5 Å². The minimum absolute atomic E-state index is 0. The number of halogens is 3. The van der Waals surface area contributed by atoms with Crippen molar-refractivity contribution in [3.05, 3.63) is 93.0 Å². The Hall–Kier alpha value is -1.91. The molecule has 30 heavy (non-hydrogen) atoms. The first-order valence-electron chi connectivity index (χ1n) is 9.64. The van der Waals surface area contributed by atoms with E-state index in [9.17, 15) is 0 Å². The molecule has 0 aromatic heterocycles. The Kier molecular flexibility index (Phi) is 9.80. The smallest absolute Gasteiger partial charge is 0.180 e. The van der Waals surface area contributed by atoms with Crippen LogP contribution in [0, 0.1) is 6.92 Å². The van der Waals surface area contributed by atoms with E-state index in [2.05, 4.69) is 36.5 Å². The summed E-state index contributed by atoms with van der Waals surface area (Å²) in [6, 6.07) is 19.9. The van der Waals surface area contributed by atoms with Crippen LogP contribution in [0.15, 0.2) is 60.7 Å². The molecule has 3 nitrogen and oxygen atoms in total. The zero-order valence-corrected chi connectivity index (χ0v) is 19.4. The van der Waals surface area contributed by atoms with Crippen molar-refractivity contribution in [3.63, 3.8) is 0 Å². The van der Waals surface area contributed by atoms with Crippen molar-refractivity contribution < 1.29 is 9.47 Å². The number of benzene rings is 3. The Bertz CT molecular complexity index is 928. The Labute approximate surface area is 194 Å². The maximum Gasteiger partial charge on any atom is 0.180 e. The molecule has 6 heteroatoms. The molecular formula is C24H26Cl3NO2. The summed E-state index contributed by atoms with van der Waals surface area (Å²) in [5.41, 5.74) is 4.56. The molecule has 0 heterocycles. The Morgan fingerprint density at radius 3 is 2.10 bits per heavy atom. The molecule has 0 amide bonds. The van der Waals surface area contributed by atoms with Crippen LogP contribution in [0.2, 0.25) is 10.0 Å². The standard InChI is InChI=1S/C24H25Cl2NO2.ClH/c1-3-28-23-13-20(15-27-14-18-6-4-17(2)5-7-18)12-22(26)24(23)29-16-19-8-10-21(25)11-9-19;/h4-13,27H,3,14-16H2,1-2H3;1H. The van der Waals surface area contributed by atoms with E-state index in [-0.39, 0.29) is 12.4 Å². The monoisotopic (exact) mass is 465 g/mol. The SMILES string of the molecule is CCOc1cc(CNCc2ccc(C)cc2)cc(Cl)c1OCc1ccc(Cl)cc1.Cl. The fraction of sp³-hybridized carbons (Fsp3) is 0.250. The number of ether oxygens (including phenoxy) is 2. The summed E-state index contributed by atoms with van der Waals surface area (Å²) in [6.45, 7) is 6.43. The van der Waals surface area contributed by atoms with Crippen molar-refractivity contribution in [1.82, 2.24) is 5.32 Å². The average Bonchev–Trinajstić information content (AvgIpc) is 2.70. The van der Waals surface area contributed by atoms with Gasteiger partial charge in [-0.2, -0.15) is 0 Å². The summed E-state index contributed by atoms with van der Waals surface area (Å²) < 4.78 is 11.8. The van der Waals surface area contributed by atoms with Crippen LogP contribution in [0.4, 0.5) is 0 Å². The third-order valence-electron chi connectivity index (χ3n) is 4.44. The number of aryl methyl sites for hydroxylation is 1. The molecule has 3 aromatic carbocycles. The van der Waals surface area contributed by atoms with Crippen molar-refractivity contribution in [2.45, 2.75) is 33.5 Å². The second kappa shape index (κ2) is 12.1. The summed E-state index contributed by atoms with van der Waals surface area (Å²) >= 11 is 12.5. The molecule has 0 saturated heterocycles. The molecule has 0 atom stereocenters. The van der Waals surface area contributed by atoms with Gasteiger partial charge in [0.1, 0.15) is 6.61 Å². The molecule has 1 N–H and O–H groups in total. The van der Waals surface area contributed by atoms with Crippen LogP contribution in [-0.4, -0.2) is 6.61 Å². The molecular weight excluding hydrogens is 441 g/mol. The van der Waals surface area contributed by atoms with E-state index >= 15 is 0 Å². The van der Waals surface area contributed by atoms with Gasteiger partial charge in [0.15, 0.2) is 11.5 Å². The van der Waals surface area contributed by atoms with Crippen molar-refractivity contribution in [1.29, 1.82) is 0 Å². The third-order valence-corrected chi connectivity index (χ3v) is 4.98. The van der Waals surface area contributed by atoms with Gasteiger partial charge in [-0.25, -0.2) is 0 Å². The minimum Gasteiger partial charge on any atom is -0.490 e. The van der Waals surface area contributed by atoms with E-state index in [1.807, 2.05) is 43.3 Å². The predicted molar refractivity (Wildman–Crippen MR) is 127 cm³/mol. The van der Waals surface area contributed by atoms with Gasteiger partial charge in [0.05, 0.1) is 11.6 Å². The third kappa shape index (κ3) is 7.10. The zero-order valence-electron chi connectivity index (χ0n) is 17.1. The first-order chi connectivity index (χ1) is 14.0. The Balaban J connectivity index is 0.00000320. The fourth-order valence-corrected chi connectivity index (χ4v) is 3.33. The van der Waals surface area contributed by atoms with Crippen LogP contribution >= 0.6 is 35.6 Å². The van der Waals surface area contributed by atoms with Gasteiger partial charge in [0, 0.05) is 18.1 Å². The quantitative estimate of drug-likeness (QED) is 0.368. The zero-order chi connectivity index (χ0) is 20.6. The van der Waals surface area contributed by atoms with Crippen molar-refractivity contribution in [2.24, 2.45) is 0 Å². The van der Waals surface area contributed by atoms with E-state index in [0.717, 1.165) is 17.7 Å². The Morgan fingerprint density at radius 2 is 1.43 bits per heavy atom. The maximum atomic E-state index is 6.52. The molecule has 0 aliphatic heterocycles. The summed E-state index contributed by atoms with van der Waals surface area (Å²) in [4.78, 5) is 0. The highest BCUT2D eigenvalue weighted by Crippen LogP contribution is 2.37. The molecule has 0 fully saturated rings. The van der Waals surface area contributed by atoms with Crippen LogP contribution in [0.25, 0.3) is 0 Å². The minimum atomic E-state index is 0. The van der Waals surface area contributed by atoms with Crippen LogP contribution in [-0.2, 0) is 19.7 Å². The van der Waals surface area contributed by atoms with Gasteiger partial charge >= 0.3 is 0 Å². The molecule has 160 valence electrons. The van der Waals surface area contributed by atoms with Gasteiger partial charge < -0.3 is 14.8 Å². The van der Waals surface area contributed by atoms with E-state index in [0.29, 0.717) is 41.3 Å². The molecule has 3 rings (SSSR count). The van der Waals surface area contributed by atoms with Crippen LogP contribution in [0.1, 0.15) is 29.2 Å². The van der Waals surface area contributed by atoms with E-state index < -0.39 is 0 Å². The lowest BCUT2D eigenvalue weighted by atomic mass is 10.1. The summed E-state index contributed by atoms with van der Waals surface area (Å²) in [7, 11) is 0. The van der Waals surface area contributed by atoms with E-state index in [4.69, 9.17) is 32.7 Å². The first-order valence-corrected chi connectivity index (χ1v) is 10.4. The molecule has 0 saturated carbocycles. The highest BCUT2D eigenvalue weighted by Gasteiger charge is 2.13. The maximum absolute atomic E-state index is 6.52. The molecule has 3 aromatic rings. The number of rotatable bonds is 9. The van der Waals surface area contributed by atoms with Crippen molar-refractivity contribution >= 4 is 35.6 Å². The average molecular weight is 467 g/mol. The first kappa shape index (κ1) is 24.4. The molecule has 0 aliphatic carbocycles. The van der Waals surface area contributed by atoms with Gasteiger partial charge in [-0.15, -0.1) is 12.4 Å². The van der Waals surface area contributed by atoms with Gasteiger partial charge in [-0.05, 0) is 54.8 Å². The highest BCUT2D eigenvalue weighted by molar-refractivity contribution is 6.32. The normalized spacial score (nSPS) is 10.4. The van der Waals surface area contributed by atoms with E-state index in [1.54, 1.807) is 0 Å². The summed E-state index contributed by atoms with van der Waals surface area (Å²) in [5.74, 6) is 1.21. The van der Waals surface area contributed by atoms with Crippen molar-refractivity contribution in [2.75, 3.05) is 6.61 Å². The largest absolute Gasteiger partial charge is 0.490 e. The molecule has 0 bridgehead atoms. The fourth-order valence-electron chi connectivity index (χ4n) is 2.92. The van der Waals surface area contributed by atoms with Gasteiger partial charge in [0.25, 0.3) is 0 Å². The van der Waals surface area contributed by atoms with Gasteiger partial charge in [-0.3, -0.25) is 0 Å². The number of hydrogen-bond acceptors (Lipinski definition) is 3. The lowest BCUT2D eigenvalue weighted by Gasteiger charge is -2.16. The number of nitrogens with one attached hydrogen (secondary N) is 1. The molecule has 0 aliphatic rings. The lowest BCUT2D eigenvalue weighted by Crippen LogP contribution is -2.13. The molecule has 0 radical (unpaired) electrons. The molecule has 0 unspecified atom stereocenters. The second-order valence-corrected chi connectivity index (χ2v) is 7.69. The predicted octanol–water partition coefficient (Wildman–Crippen LogP) is 6.99. The van der Waals surface area contributed by atoms with Crippen molar-refractivity contribution in [3.8, 4) is 11.5 Å². The molecule has 0 spiro atoms. The highest BCUT2D eigenvalue weighted by atomic mass is 35.5. The van der Waals surface area contributed by atoms with E-state index in [1.165, 1.54) is 11.1 Å². The van der Waals surface area contributed by atoms with Crippen LogP contribution in [0.5, 0.6) is 11.5 Å². The Morgan fingerprint density at radius 1 is 0.800 bits per heavy atom. The lowest BCUT2D eigenvalue weighted by molar-refractivity contribution is 0.269. The van der Waals surface area contributed by atoms with Gasteiger partial charge in [0.2, 0.25) is 0 Å². The number of hydrogen-bond donors (Lipinski definition) is 1. The second-order valence-electron chi connectivity index (χ2n) is 6.84. The summed E-state index contributed by atoms with van der Waals surface area (Å²) in [5, 5.41) is 4.69.